The van der Waals surface area contributed by atoms with Crippen LogP contribution in [0.25, 0.3) is 10.9 Å². The van der Waals surface area contributed by atoms with Crippen LogP contribution in [0.1, 0.15) is 45.5 Å². The number of halogens is 1. The molecule has 2 aromatic heterocycles. The zero-order valence-electron chi connectivity index (χ0n) is 28.0. The predicted octanol–water partition coefficient (Wildman–Crippen LogP) is 6.18. The van der Waals surface area contributed by atoms with Crippen molar-refractivity contribution < 1.29 is 14.6 Å². The molecule has 3 heterocycles. The number of nitrogens with zero attached hydrogens (tertiary/aromatic N) is 5. The van der Waals surface area contributed by atoms with Crippen LogP contribution in [0.5, 0.6) is 0 Å². The maximum absolute atomic E-state index is 13.0. The molecule has 0 amide bonds. The monoisotopic (exact) mass is 667 g/mol. The molecule has 3 aromatic carbocycles. The fraction of sp³-hybridized carbons (Fsp3) is 0.385. The average molecular weight is 668 g/mol. The summed E-state index contributed by atoms with van der Waals surface area (Å²) in [6.07, 6.45) is 5.63. The quantitative estimate of drug-likeness (QED) is 0.179. The highest BCUT2D eigenvalue weighted by Crippen LogP contribution is 2.34. The first-order valence-electron chi connectivity index (χ1n) is 17.0. The molecule has 1 N–H and O–H groups in total. The number of benzene rings is 3. The molecule has 2 unspecified atom stereocenters. The standard InChI is InChI=1S/C21H27ClN2O2.C18H19N3O/c22-20-8-6-19(7-9-20)21(18-4-2-1-3-5-18)24-12-10-23(11-13-24)14-16-26-17-15-25;1-12-19-9-10-21(12)11-13-7-8-16-17(18(13)22)14-5-3-4-6-15(14)20(16)2/h1-9,21,25H,10-17H2;3-6,9-10,13H,7-8,11H2,1-2H3. The van der Waals surface area contributed by atoms with Gasteiger partial charge in [-0.25, -0.2) is 4.98 Å². The molecule has 252 valence electrons. The highest BCUT2D eigenvalue weighted by Gasteiger charge is 2.32. The predicted molar refractivity (Wildman–Crippen MR) is 192 cm³/mol. The number of aliphatic hydroxyl groups excluding tert-OH is 1. The zero-order valence-corrected chi connectivity index (χ0v) is 28.7. The molecule has 7 rings (SSSR count). The first kappa shape index (κ1) is 34.1. The second kappa shape index (κ2) is 16.1. The number of ketones is 1. The van der Waals surface area contributed by atoms with Crippen LogP contribution >= 0.6 is 11.6 Å². The number of aliphatic hydroxyl groups is 1. The van der Waals surface area contributed by atoms with Crippen molar-refractivity contribution >= 4 is 28.3 Å². The summed E-state index contributed by atoms with van der Waals surface area (Å²) in [5.41, 5.74) is 5.87. The van der Waals surface area contributed by atoms with Gasteiger partial charge in [-0.3, -0.25) is 14.6 Å². The fourth-order valence-corrected chi connectivity index (χ4v) is 7.29. The van der Waals surface area contributed by atoms with Crippen molar-refractivity contribution in [3.8, 4) is 0 Å². The van der Waals surface area contributed by atoms with Crippen LogP contribution in [0.15, 0.2) is 91.3 Å². The Hall–Kier alpha value is -3.79. The summed E-state index contributed by atoms with van der Waals surface area (Å²) in [4.78, 5) is 22.3. The molecule has 0 spiro atoms. The number of Topliss-reactive ketones (excluding diaryl/α,β-unsaturated/α-hetero) is 1. The Morgan fingerprint density at radius 1 is 0.938 bits per heavy atom. The summed E-state index contributed by atoms with van der Waals surface area (Å²) in [6, 6.07) is 27.3. The third-order valence-corrected chi connectivity index (χ3v) is 10.0. The minimum Gasteiger partial charge on any atom is -0.394 e. The van der Waals surface area contributed by atoms with E-state index in [1.165, 1.54) is 16.8 Å². The van der Waals surface area contributed by atoms with Crippen molar-refractivity contribution in [2.45, 2.75) is 32.4 Å². The summed E-state index contributed by atoms with van der Waals surface area (Å²) in [7, 11) is 2.06. The van der Waals surface area contributed by atoms with Gasteiger partial charge in [0.15, 0.2) is 5.78 Å². The Kier molecular flexibility index (Phi) is 11.4. The Bertz CT molecular complexity index is 1780. The summed E-state index contributed by atoms with van der Waals surface area (Å²) >= 11 is 6.09. The number of fused-ring (bicyclic) bond motifs is 3. The Labute approximate surface area is 288 Å². The number of ether oxygens (including phenoxy) is 1. The molecule has 9 heteroatoms. The van der Waals surface area contributed by atoms with Crippen molar-refractivity contribution in [2.75, 3.05) is 52.5 Å². The van der Waals surface area contributed by atoms with Crippen LogP contribution in [0, 0.1) is 12.8 Å². The van der Waals surface area contributed by atoms with Crippen LogP contribution < -0.4 is 0 Å². The average Bonchev–Trinajstić information content (AvgIpc) is 3.66. The second-order valence-electron chi connectivity index (χ2n) is 12.7. The first-order chi connectivity index (χ1) is 23.4. The molecular weight excluding hydrogens is 622 g/mol. The molecule has 2 aliphatic rings. The minimum atomic E-state index is 0.0474. The highest BCUT2D eigenvalue weighted by atomic mass is 35.5. The van der Waals surface area contributed by atoms with Crippen LogP contribution in [0.3, 0.4) is 0 Å². The molecule has 1 fully saturated rings. The number of rotatable bonds is 10. The van der Waals surface area contributed by atoms with Crippen LogP contribution in [-0.2, 0) is 24.8 Å². The van der Waals surface area contributed by atoms with Crippen molar-refractivity contribution in [1.29, 1.82) is 0 Å². The molecule has 0 radical (unpaired) electrons. The van der Waals surface area contributed by atoms with Gasteiger partial charge in [0.25, 0.3) is 0 Å². The maximum atomic E-state index is 13.0. The molecule has 0 saturated carbocycles. The van der Waals surface area contributed by atoms with Gasteiger partial charge in [0, 0.05) is 91.8 Å². The van der Waals surface area contributed by atoms with E-state index in [0.29, 0.717) is 13.2 Å². The lowest BCUT2D eigenvalue weighted by Gasteiger charge is -2.39. The lowest BCUT2D eigenvalue weighted by Crippen LogP contribution is -2.48. The topological polar surface area (TPSA) is 75.8 Å². The van der Waals surface area contributed by atoms with Crippen molar-refractivity contribution in [3.05, 3.63) is 124 Å². The van der Waals surface area contributed by atoms with Crippen LogP contribution in [-0.4, -0.2) is 87.4 Å². The van der Waals surface area contributed by atoms with E-state index in [9.17, 15) is 4.79 Å². The number of imidazole rings is 1. The lowest BCUT2D eigenvalue weighted by molar-refractivity contribution is 0.0522. The number of hydrogen-bond acceptors (Lipinski definition) is 6. The first-order valence-corrected chi connectivity index (χ1v) is 17.4. The molecule has 1 saturated heterocycles. The van der Waals surface area contributed by atoms with Crippen molar-refractivity contribution in [2.24, 2.45) is 13.0 Å². The van der Waals surface area contributed by atoms with Gasteiger partial charge >= 0.3 is 0 Å². The molecule has 5 aromatic rings. The van der Waals surface area contributed by atoms with E-state index >= 15 is 0 Å². The van der Waals surface area contributed by atoms with Crippen molar-refractivity contribution in [3.63, 3.8) is 0 Å². The van der Waals surface area contributed by atoms with Gasteiger partial charge in [-0.1, -0.05) is 72.3 Å². The molecule has 1 aliphatic heterocycles. The van der Waals surface area contributed by atoms with Crippen molar-refractivity contribution in [1.82, 2.24) is 23.9 Å². The number of piperazine rings is 1. The van der Waals surface area contributed by atoms with Crippen LogP contribution in [0.2, 0.25) is 5.02 Å². The van der Waals surface area contributed by atoms with Gasteiger partial charge in [0.05, 0.1) is 25.9 Å². The molecule has 1 aliphatic carbocycles. The largest absolute Gasteiger partial charge is 0.394 e. The van der Waals surface area contributed by atoms with E-state index in [2.05, 4.69) is 85.6 Å². The third-order valence-electron chi connectivity index (χ3n) is 9.78. The Morgan fingerprint density at radius 3 is 2.35 bits per heavy atom. The van der Waals surface area contributed by atoms with Gasteiger partial charge in [0.2, 0.25) is 0 Å². The summed E-state index contributed by atoms with van der Waals surface area (Å²) in [5.74, 6) is 1.30. The van der Waals surface area contributed by atoms with Crippen LogP contribution in [0.4, 0.5) is 0 Å². The highest BCUT2D eigenvalue weighted by molar-refractivity contribution is 6.30. The van der Waals surface area contributed by atoms with E-state index in [1.54, 1.807) is 6.20 Å². The normalized spacial score (nSPS) is 17.6. The van der Waals surface area contributed by atoms with Gasteiger partial charge in [-0.15, -0.1) is 0 Å². The van der Waals surface area contributed by atoms with Gasteiger partial charge < -0.3 is 19.0 Å². The number of aromatic nitrogens is 3. The van der Waals surface area contributed by atoms with Gasteiger partial charge in [-0.05, 0) is 49.1 Å². The van der Waals surface area contributed by atoms with E-state index in [1.807, 2.05) is 37.4 Å². The molecule has 0 bridgehead atoms. The summed E-state index contributed by atoms with van der Waals surface area (Å²) in [6.45, 7) is 8.91. The Balaban J connectivity index is 0.000000169. The molecular formula is C39H46ClN5O3. The minimum absolute atomic E-state index is 0.0474. The smallest absolute Gasteiger partial charge is 0.170 e. The Morgan fingerprint density at radius 2 is 1.65 bits per heavy atom. The third kappa shape index (κ3) is 7.74. The van der Waals surface area contributed by atoms with Gasteiger partial charge in [-0.2, -0.15) is 0 Å². The molecule has 8 nitrogen and oxygen atoms in total. The summed E-state index contributed by atoms with van der Waals surface area (Å²) < 4.78 is 9.66. The molecule has 48 heavy (non-hydrogen) atoms. The van der Waals surface area contributed by atoms with E-state index in [0.717, 1.165) is 79.4 Å². The zero-order chi connectivity index (χ0) is 33.5. The lowest BCUT2D eigenvalue weighted by atomic mass is 9.85. The number of aryl methyl sites for hydroxylation is 2. The maximum Gasteiger partial charge on any atom is 0.170 e. The number of carbonyl (C=O) groups is 1. The van der Waals surface area contributed by atoms with E-state index in [4.69, 9.17) is 21.4 Å². The van der Waals surface area contributed by atoms with Gasteiger partial charge in [0.1, 0.15) is 5.82 Å². The number of para-hydroxylation sites is 1. The number of hydrogen-bond donors (Lipinski definition) is 1. The molecule has 2 atom stereocenters. The van der Waals surface area contributed by atoms with E-state index in [-0.39, 0.29) is 24.3 Å². The fourth-order valence-electron chi connectivity index (χ4n) is 7.17. The summed E-state index contributed by atoms with van der Waals surface area (Å²) in [5, 5.41) is 10.6. The SMILES string of the molecule is Cc1nccn1CC1CCc2c(c3ccccc3n2C)C1=O.OCCOCCN1CCN(C(c2ccccc2)c2ccc(Cl)cc2)CC1. The van der Waals surface area contributed by atoms with E-state index < -0.39 is 0 Å². The number of carbonyl (C=O) groups excluding carboxylic acids is 1. The second-order valence-corrected chi connectivity index (χ2v) is 13.1.